The summed E-state index contributed by atoms with van der Waals surface area (Å²) < 4.78 is 1.69. The number of benzene rings is 2. The van der Waals surface area contributed by atoms with Gasteiger partial charge in [0.2, 0.25) is 5.95 Å². The predicted molar refractivity (Wildman–Crippen MR) is 85.5 cm³/mol. The van der Waals surface area contributed by atoms with Crippen molar-refractivity contribution in [2.24, 2.45) is 0 Å². The highest BCUT2D eigenvalue weighted by molar-refractivity contribution is 6.43. The highest BCUT2D eigenvalue weighted by atomic mass is 35.5. The molecule has 7 heteroatoms. The van der Waals surface area contributed by atoms with E-state index in [9.17, 15) is 0 Å². The molecule has 2 N–H and O–H groups in total. The molecular weight excluding hydrogens is 340 g/mol. The van der Waals surface area contributed by atoms with E-state index in [0.717, 1.165) is 5.52 Å². The molecular formula is C13H7Cl4N3. The van der Waals surface area contributed by atoms with Crippen LogP contribution in [0.1, 0.15) is 0 Å². The second-order valence-corrected chi connectivity index (χ2v) is 5.76. The Morgan fingerprint density at radius 2 is 1.60 bits per heavy atom. The van der Waals surface area contributed by atoms with E-state index in [1.165, 1.54) is 0 Å². The van der Waals surface area contributed by atoms with Crippen LogP contribution in [-0.2, 0) is 0 Å². The van der Waals surface area contributed by atoms with Crippen molar-refractivity contribution in [1.82, 2.24) is 9.55 Å². The van der Waals surface area contributed by atoms with Gasteiger partial charge < -0.3 is 5.73 Å². The van der Waals surface area contributed by atoms with E-state index in [4.69, 9.17) is 52.1 Å². The van der Waals surface area contributed by atoms with Gasteiger partial charge in [0.25, 0.3) is 0 Å². The summed E-state index contributed by atoms with van der Waals surface area (Å²) in [7, 11) is 0. The van der Waals surface area contributed by atoms with Crippen LogP contribution in [0.3, 0.4) is 0 Å². The first-order valence-electron chi connectivity index (χ1n) is 5.56. The van der Waals surface area contributed by atoms with E-state index in [1.54, 1.807) is 22.8 Å². The van der Waals surface area contributed by atoms with Gasteiger partial charge in [-0.25, -0.2) is 4.98 Å². The van der Waals surface area contributed by atoms with Crippen LogP contribution in [0.2, 0.25) is 20.1 Å². The van der Waals surface area contributed by atoms with Crippen LogP contribution in [0.15, 0.2) is 30.3 Å². The molecule has 0 aliphatic heterocycles. The Bertz CT molecular complexity index is 826. The van der Waals surface area contributed by atoms with Crippen LogP contribution in [0, 0.1) is 0 Å². The zero-order chi connectivity index (χ0) is 14.4. The highest BCUT2D eigenvalue weighted by Gasteiger charge is 2.16. The van der Waals surface area contributed by atoms with Gasteiger partial charge in [-0.05, 0) is 24.3 Å². The zero-order valence-corrected chi connectivity index (χ0v) is 12.9. The van der Waals surface area contributed by atoms with Gasteiger partial charge in [-0.1, -0.05) is 52.5 Å². The number of imidazole rings is 1. The van der Waals surface area contributed by atoms with Gasteiger partial charge in [-0.2, -0.15) is 0 Å². The maximum atomic E-state index is 6.22. The van der Waals surface area contributed by atoms with Crippen molar-refractivity contribution in [3.8, 4) is 5.69 Å². The van der Waals surface area contributed by atoms with E-state index in [1.807, 2.05) is 12.1 Å². The largest absolute Gasteiger partial charge is 0.369 e. The van der Waals surface area contributed by atoms with Crippen molar-refractivity contribution >= 4 is 63.4 Å². The Balaban J connectivity index is 2.38. The Hall–Kier alpha value is -1.13. The maximum Gasteiger partial charge on any atom is 0.206 e. The average Bonchev–Trinajstić information content (AvgIpc) is 2.72. The third kappa shape index (κ3) is 2.11. The normalized spacial score (nSPS) is 11.2. The lowest BCUT2D eigenvalue weighted by Gasteiger charge is -2.10. The number of nitrogens with two attached hydrogens (primary N) is 1. The molecule has 2 aromatic carbocycles. The molecule has 0 spiro atoms. The average molecular weight is 347 g/mol. The summed E-state index contributed by atoms with van der Waals surface area (Å²) in [6.45, 7) is 0. The fraction of sp³-hybridized carbons (Fsp3) is 0. The van der Waals surface area contributed by atoms with Crippen LogP contribution < -0.4 is 5.73 Å². The Morgan fingerprint density at radius 1 is 0.900 bits per heavy atom. The number of hydrogen-bond donors (Lipinski definition) is 1. The number of halogens is 4. The second-order valence-electron chi connectivity index (χ2n) is 4.13. The quantitative estimate of drug-likeness (QED) is 0.614. The number of nitrogens with zero attached hydrogens (tertiary/aromatic N) is 2. The van der Waals surface area contributed by atoms with Crippen LogP contribution >= 0.6 is 46.4 Å². The Morgan fingerprint density at radius 3 is 2.35 bits per heavy atom. The fourth-order valence-corrected chi connectivity index (χ4v) is 2.86. The molecule has 0 bridgehead atoms. The lowest BCUT2D eigenvalue weighted by molar-refractivity contribution is 1.11. The molecule has 1 aromatic heterocycles. The minimum Gasteiger partial charge on any atom is -0.369 e. The molecule has 3 rings (SSSR count). The van der Waals surface area contributed by atoms with Crippen LogP contribution in [0.5, 0.6) is 0 Å². The molecule has 1 heterocycles. The first-order chi connectivity index (χ1) is 9.49. The molecule has 0 saturated heterocycles. The molecule has 0 aliphatic rings. The van der Waals surface area contributed by atoms with E-state index in [-0.39, 0.29) is 5.95 Å². The minimum absolute atomic E-state index is 0.272. The Kier molecular flexibility index (Phi) is 3.46. The van der Waals surface area contributed by atoms with E-state index >= 15 is 0 Å². The molecule has 0 radical (unpaired) electrons. The summed E-state index contributed by atoms with van der Waals surface area (Å²) in [4.78, 5) is 4.26. The number of rotatable bonds is 1. The lowest BCUT2D eigenvalue weighted by Crippen LogP contribution is -2.01. The molecule has 20 heavy (non-hydrogen) atoms. The van der Waals surface area contributed by atoms with Crippen molar-refractivity contribution in [2.45, 2.75) is 0 Å². The van der Waals surface area contributed by atoms with Gasteiger partial charge in [0, 0.05) is 0 Å². The number of nitrogen functional groups attached to an aromatic ring is 1. The number of aromatic nitrogens is 2. The molecule has 0 fully saturated rings. The fourth-order valence-electron chi connectivity index (χ4n) is 2.02. The molecule has 0 aliphatic carbocycles. The molecule has 0 unspecified atom stereocenters. The minimum atomic E-state index is 0.272. The van der Waals surface area contributed by atoms with Crippen LogP contribution in [0.25, 0.3) is 16.7 Å². The summed E-state index contributed by atoms with van der Waals surface area (Å²) in [5.74, 6) is 0.272. The summed E-state index contributed by atoms with van der Waals surface area (Å²) in [6.07, 6.45) is 0. The summed E-state index contributed by atoms with van der Waals surface area (Å²) in [5, 5.41) is 1.70. The first-order valence-corrected chi connectivity index (χ1v) is 7.07. The molecule has 0 saturated carbocycles. The molecule has 0 atom stereocenters. The zero-order valence-electron chi connectivity index (χ0n) is 9.87. The van der Waals surface area contributed by atoms with Crippen molar-refractivity contribution in [2.75, 3.05) is 5.73 Å². The van der Waals surface area contributed by atoms with E-state index in [2.05, 4.69) is 4.98 Å². The molecule has 3 aromatic rings. The predicted octanol–water partition coefficient (Wildman–Crippen LogP) is 5.22. The number of anilines is 1. The van der Waals surface area contributed by atoms with Crippen molar-refractivity contribution in [1.29, 1.82) is 0 Å². The topological polar surface area (TPSA) is 43.8 Å². The van der Waals surface area contributed by atoms with Gasteiger partial charge in [-0.15, -0.1) is 0 Å². The number of fused-ring (bicyclic) bond motifs is 1. The smallest absolute Gasteiger partial charge is 0.206 e. The monoisotopic (exact) mass is 345 g/mol. The third-order valence-corrected chi connectivity index (χ3v) is 4.22. The third-order valence-electron chi connectivity index (χ3n) is 2.89. The number of hydrogen-bond acceptors (Lipinski definition) is 2. The van der Waals surface area contributed by atoms with E-state index < -0.39 is 0 Å². The first kappa shape index (κ1) is 13.8. The van der Waals surface area contributed by atoms with Crippen molar-refractivity contribution in [3.63, 3.8) is 0 Å². The van der Waals surface area contributed by atoms with E-state index in [0.29, 0.717) is 31.3 Å². The van der Waals surface area contributed by atoms with Gasteiger partial charge in [-0.3, -0.25) is 4.57 Å². The van der Waals surface area contributed by atoms with Crippen LogP contribution in [-0.4, -0.2) is 9.55 Å². The standard InChI is InChI=1S/C13H7Cl4N3/c14-6-2-1-3-10-12(6)19-13(18)20(10)11-5-8(16)7(15)4-9(11)17/h1-5H,(H2,18,19). The lowest BCUT2D eigenvalue weighted by atomic mass is 10.2. The Labute approximate surface area is 134 Å². The summed E-state index contributed by atoms with van der Waals surface area (Å²) >= 11 is 24.3. The van der Waals surface area contributed by atoms with Crippen molar-refractivity contribution in [3.05, 3.63) is 50.4 Å². The van der Waals surface area contributed by atoms with Crippen molar-refractivity contribution < 1.29 is 0 Å². The molecule has 3 nitrogen and oxygen atoms in total. The van der Waals surface area contributed by atoms with Gasteiger partial charge >= 0.3 is 0 Å². The SMILES string of the molecule is Nc1nc2c(Cl)cccc2n1-c1cc(Cl)c(Cl)cc1Cl. The summed E-state index contributed by atoms with van der Waals surface area (Å²) in [5.41, 5.74) is 7.92. The highest BCUT2D eigenvalue weighted by Crippen LogP contribution is 2.35. The van der Waals surface area contributed by atoms with Gasteiger partial charge in [0.1, 0.15) is 5.52 Å². The summed E-state index contributed by atoms with van der Waals surface area (Å²) in [6, 6.07) is 8.62. The molecule has 0 amide bonds. The maximum absolute atomic E-state index is 6.22. The van der Waals surface area contributed by atoms with Crippen LogP contribution in [0.4, 0.5) is 5.95 Å². The van der Waals surface area contributed by atoms with Gasteiger partial charge in [0.05, 0.1) is 31.3 Å². The second kappa shape index (κ2) is 5.01. The van der Waals surface area contributed by atoms with Gasteiger partial charge in [0.15, 0.2) is 0 Å². The number of para-hydroxylation sites is 1. The molecule has 102 valence electrons.